The number of aryl methyl sites for hydroxylation is 1. The monoisotopic (exact) mass is 474 g/mol. The van der Waals surface area contributed by atoms with Crippen LogP contribution in [0.15, 0.2) is 29.9 Å². The first-order chi connectivity index (χ1) is 11.7. The molecule has 1 aliphatic rings. The molecule has 138 valence electrons. The summed E-state index contributed by atoms with van der Waals surface area (Å²) in [5.74, 6) is 1.63. The Hall–Kier alpha value is -1.16. The molecule has 3 heterocycles. The highest BCUT2D eigenvalue weighted by atomic mass is 127. The number of aliphatic imine (C=N–C) groups is 1. The Bertz CT molecular complexity index is 668. The summed E-state index contributed by atoms with van der Waals surface area (Å²) in [5.41, 5.74) is 0. The number of piperidine rings is 1. The van der Waals surface area contributed by atoms with E-state index in [1.165, 1.54) is 9.88 Å². The first-order valence-electron chi connectivity index (χ1n) is 8.51. The number of hydrogen-bond donors (Lipinski definition) is 1. The van der Waals surface area contributed by atoms with E-state index in [4.69, 9.17) is 0 Å². The highest BCUT2D eigenvalue weighted by Gasteiger charge is 2.28. The van der Waals surface area contributed by atoms with Crippen LogP contribution in [-0.4, -0.2) is 52.1 Å². The van der Waals surface area contributed by atoms with Crippen LogP contribution in [0.1, 0.15) is 29.3 Å². The van der Waals surface area contributed by atoms with Gasteiger partial charge in [-0.1, -0.05) is 6.92 Å². The first-order valence-corrected chi connectivity index (χ1v) is 9.33. The van der Waals surface area contributed by atoms with Crippen LogP contribution in [-0.2, 0) is 6.42 Å². The molecule has 0 aromatic carbocycles. The van der Waals surface area contributed by atoms with Crippen molar-refractivity contribution in [1.29, 1.82) is 0 Å². The summed E-state index contributed by atoms with van der Waals surface area (Å²) in [6.07, 6.45) is 9.88. The van der Waals surface area contributed by atoms with Crippen molar-refractivity contribution >= 4 is 41.3 Å². The maximum absolute atomic E-state index is 4.48. The van der Waals surface area contributed by atoms with Crippen molar-refractivity contribution in [3.05, 3.63) is 34.8 Å². The molecule has 2 aromatic rings. The molecule has 1 N–H and O–H groups in total. The molecule has 1 fully saturated rings. The van der Waals surface area contributed by atoms with Crippen LogP contribution in [0.5, 0.6) is 0 Å². The summed E-state index contributed by atoms with van der Waals surface area (Å²) in [6, 6.07) is 0.446. The maximum atomic E-state index is 4.48. The molecule has 2 atom stereocenters. The highest BCUT2D eigenvalue weighted by molar-refractivity contribution is 14.0. The number of nitrogens with zero attached hydrogens (tertiary/aromatic N) is 5. The van der Waals surface area contributed by atoms with Gasteiger partial charge in [-0.2, -0.15) is 0 Å². The SMILES string of the molecule is CN=C(NCCc1ncc(C)s1)N1CCC(C)C(n2ccnc2)C1.I. The molecule has 6 nitrogen and oxygen atoms in total. The summed E-state index contributed by atoms with van der Waals surface area (Å²) in [4.78, 5) is 16.7. The number of likely N-dealkylation sites (tertiary alicyclic amines) is 1. The first kappa shape index (κ1) is 20.2. The lowest BCUT2D eigenvalue weighted by atomic mass is 9.93. The van der Waals surface area contributed by atoms with Crippen LogP contribution >= 0.6 is 35.3 Å². The number of nitrogens with one attached hydrogen (secondary N) is 1. The quantitative estimate of drug-likeness (QED) is 0.421. The molecule has 0 aliphatic carbocycles. The van der Waals surface area contributed by atoms with E-state index in [0.717, 1.165) is 38.4 Å². The number of rotatable bonds is 4. The zero-order valence-electron chi connectivity index (χ0n) is 15.1. The Morgan fingerprint density at radius 3 is 2.96 bits per heavy atom. The van der Waals surface area contributed by atoms with E-state index >= 15 is 0 Å². The number of imidazole rings is 1. The lowest BCUT2D eigenvalue weighted by Crippen LogP contribution is -2.49. The summed E-state index contributed by atoms with van der Waals surface area (Å²) in [6.45, 7) is 7.29. The molecule has 25 heavy (non-hydrogen) atoms. The predicted octanol–water partition coefficient (Wildman–Crippen LogP) is 2.97. The summed E-state index contributed by atoms with van der Waals surface area (Å²) < 4.78 is 2.22. The average molecular weight is 474 g/mol. The number of thiazole rings is 1. The van der Waals surface area contributed by atoms with Gasteiger partial charge in [0.1, 0.15) is 0 Å². The standard InChI is InChI=1S/C17H26N6S.HI/c1-13-5-8-22(11-15(13)23-9-7-19-12-23)17(18-3)20-6-4-16-21-10-14(2)24-16;/h7,9-10,12-13,15H,4-6,8,11H2,1-3H3,(H,18,20);1H. The molecule has 0 bridgehead atoms. The Labute approximate surface area is 170 Å². The average Bonchev–Trinajstić information content (AvgIpc) is 3.24. The molecule has 8 heteroatoms. The molecule has 0 amide bonds. The number of guanidine groups is 1. The van der Waals surface area contributed by atoms with E-state index in [0.29, 0.717) is 12.0 Å². The fourth-order valence-corrected chi connectivity index (χ4v) is 4.01. The Morgan fingerprint density at radius 1 is 1.48 bits per heavy atom. The molecule has 2 unspecified atom stereocenters. The second-order valence-corrected chi connectivity index (χ2v) is 7.70. The molecular formula is C17H27IN6S. The van der Waals surface area contributed by atoms with Gasteiger partial charge >= 0.3 is 0 Å². The van der Waals surface area contributed by atoms with Crippen molar-refractivity contribution < 1.29 is 0 Å². The summed E-state index contributed by atoms with van der Waals surface area (Å²) in [7, 11) is 1.86. The van der Waals surface area contributed by atoms with Crippen molar-refractivity contribution in [1.82, 2.24) is 24.8 Å². The molecule has 2 aromatic heterocycles. The normalized spacial score (nSPS) is 21.1. The number of hydrogen-bond acceptors (Lipinski definition) is 4. The molecule has 0 radical (unpaired) electrons. The third-order valence-electron chi connectivity index (χ3n) is 4.63. The molecule has 1 aliphatic heterocycles. The lowest BCUT2D eigenvalue weighted by molar-refractivity contribution is 0.189. The van der Waals surface area contributed by atoms with Gasteiger partial charge in [0, 0.05) is 56.6 Å². The molecule has 0 spiro atoms. The number of halogens is 1. The fourth-order valence-electron chi connectivity index (χ4n) is 3.23. The van der Waals surface area contributed by atoms with E-state index in [-0.39, 0.29) is 24.0 Å². The van der Waals surface area contributed by atoms with Crippen LogP contribution < -0.4 is 5.32 Å². The van der Waals surface area contributed by atoms with Gasteiger partial charge in [0.25, 0.3) is 0 Å². The van der Waals surface area contributed by atoms with Gasteiger partial charge in [0.2, 0.25) is 0 Å². The van der Waals surface area contributed by atoms with Gasteiger partial charge in [0.15, 0.2) is 5.96 Å². The molecule has 0 saturated carbocycles. The Morgan fingerprint density at radius 2 is 2.32 bits per heavy atom. The van der Waals surface area contributed by atoms with Crippen molar-refractivity contribution in [2.45, 2.75) is 32.7 Å². The van der Waals surface area contributed by atoms with Gasteiger partial charge in [-0.05, 0) is 19.3 Å². The van der Waals surface area contributed by atoms with Crippen molar-refractivity contribution in [3.63, 3.8) is 0 Å². The predicted molar refractivity (Wildman–Crippen MR) is 114 cm³/mol. The van der Waals surface area contributed by atoms with Crippen LogP contribution in [0.4, 0.5) is 0 Å². The van der Waals surface area contributed by atoms with E-state index in [9.17, 15) is 0 Å². The van der Waals surface area contributed by atoms with E-state index in [1.54, 1.807) is 11.3 Å². The largest absolute Gasteiger partial charge is 0.356 e. The van der Waals surface area contributed by atoms with E-state index in [1.807, 2.05) is 25.8 Å². The second kappa shape index (κ2) is 9.51. The van der Waals surface area contributed by atoms with Crippen molar-refractivity contribution in [2.24, 2.45) is 10.9 Å². The van der Waals surface area contributed by atoms with Gasteiger partial charge in [-0.25, -0.2) is 9.97 Å². The Kier molecular flexibility index (Phi) is 7.67. The summed E-state index contributed by atoms with van der Waals surface area (Å²) in [5, 5.41) is 4.67. The third-order valence-corrected chi connectivity index (χ3v) is 5.60. The number of aromatic nitrogens is 3. The molecular weight excluding hydrogens is 447 g/mol. The van der Waals surface area contributed by atoms with E-state index in [2.05, 4.69) is 49.8 Å². The topological polar surface area (TPSA) is 58.3 Å². The summed E-state index contributed by atoms with van der Waals surface area (Å²) >= 11 is 1.77. The smallest absolute Gasteiger partial charge is 0.193 e. The molecule has 1 saturated heterocycles. The second-order valence-electron chi connectivity index (χ2n) is 6.38. The molecule has 3 rings (SSSR count). The minimum atomic E-state index is 0. The zero-order chi connectivity index (χ0) is 16.9. The minimum absolute atomic E-state index is 0. The van der Waals surface area contributed by atoms with Crippen LogP contribution in [0.25, 0.3) is 0 Å². The van der Waals surface area contributed by atoms with Gasteiger partial charge in [-0.3, -0.25) is 4.99 Å². The van der Waals surface area contributed by atoms with Crippen LogP contribution in [0.2, 0.25) is 0 Å². The van der Waals surface area contributed by atoms with Crippen molar-refractivity contribution in [2.75, 3.05) is 26.7 Å². The maximum Gasteiger partial charge on any atom is 0.193 e. The minimum Gasteiger partial charge on any atom is -0.356 e. The van der Waals surface area contributed by atoms with Gasteiger partial charge < -0.3 is 14.8 Å². The van der Waals surface area contributed by atoms with Gasteiger partial charge in [-0.15, -0.1) is 35.3 Å². The fraction of sp³-hybridized carbons (Fsp3) is 0.588. The Balaban J connectivity index is 0.00000225. The van der Waals surface area contributed by atoms with Crippen LogP contribution in [0.3, 0.4) is 0 Å². The third kappa shape index (κ3) is 5.16. The van der Waals surface area contributed by atoms with Crippen LogP contribution in [0, 0.1) is 12.8 Å². The van der Waals surface area contributed by atoms with Crippen molar-refractivity contribution in [3.8, 4) is 0 Å². The lowest BCUT2D eigenvalue weighted by Gasteiger charge is -2.39. The van der Waals surface area contributed by atoms with E-state index < -0.39 is 0 Å². The highest BCUT2D eigenvalue weighted by Crippen LogP contribution is 2.27. The zero-order valence-corrected chi connectivity index (χ0v) is 18.2. The van der Waals surface area contributed by atoms with Gasteiger partial charge in [0.05, 0.1) is 17.4 Å².